The van der Waals surface area contributed by atoms with Gasteiger partial charge in [0.1, 0.15) is 0 Å². The van der Waals surface area contributed by atoms with E-state index in [0.717, 1.165) is 44.8 Å². The second-order valence-electron chi connectivity index (χ2n) is 4.83. The molecule has 1 amide bonds. The third-order valence-corrected chi connectivity index (χ3v) is 3.71. The minimum atomic E-state index is 0.337. The maximum Gasteiger partial charge on any atom is 0.222 e. The summed E-state index contributed by atoms with van der Waals surface area (Å²) in [6.45, 7) is 9.42. The number of carbonyl (C=O) groups is 1. The Morgan fingerprint density at radius 1 is 1.50 bits per heavy atom. The number of nitrogens with one attached hydrogen (secondary N) is 1. The number of amides is 1. The van der Waals surface area contributed by atoms with E-state index in [2.05, 4.69) is 26.1 Å². The molecule has 1 saturated heterocycles. The first-order valence-corrected chi connectivity index (χ1v) is 6.69. The van der Waals surface area contributed by atoms with Crippen LogP contribution < -0.4 is 5.32 Å². The zero-order chi connectivity index (χ0) is 12.0. The molecule has 0 aliphatic carbocycles. The van der Waals surface area contributed by atoms with Crippen LogP contribution in [0.4, 0.5) is 0 Å². The van der Waals surface area contributed by atoms with Crippen LogP contribution in [0.1, 0.15) is 46.5 Å². The van der Waals surface area contributed by atoms with Crippen LogP contribution in [-0.4, -0.2) is 36.5 Å². The van der Waals surface area contributed by atoms with Crippen LogP contribution in [0.25, 0.3) is 0 Å². The van der Waals surface area contributed by atoms with E-state index in [9.17, 15) is 4.79 Å². The number of hydrogen-bond acceptors (Lipinski definition) is 2. The fourth-order valence-electron chi connectivity index (χ4n) is 2.39. The van der Waals surface area contributed by atoms with Gasteiger partial charge in [-0.25, -0.2) is 0 Å². The summed E-state index contributed by atoms with van der Waals surface area (Å²) in [5, 5.41) is 3.35. The van der Waals surface area contributed by atoms with Gasteiger partial charge < -0.3 is 10.2 Å². The fraction of sp³-hybridized carbons (Fsp3) is 0.923. The maximum atomic E-state index is 12.0. The molecular weight excluding hydrogens is 200 g/mol. The molecule has 1 fully saturated rings. The summed E-state index contributed by atoms with van der Waals surface area (Å²) in [4.78, 5) is 14.1. The van der Waals surface area contributed by atoms with Gasteiger partial charge in [-0.3, -0.25) is 4.79 Å². The molecule has 0 aromatic rings. The monoisotopic (exact) mass is 226 g/mol. The van der Waals surface area contributed by atoms with E-state index in [1.165, 1.54) is 6.42 Å². The van der Waals surface area contributed by atoms with Crippen LogP contribution in [0, 0.1) is 5.92 Å². The molecule has 2 atom stereocenters. The molecule has 1 aliphatic rings. The highest BCUT2D eigenvalue weighted by Crippen LogP contribution is 2.16. The molecule has 1 rings (SSSR count). The van der Waals surface area contributed by atoms with Crippen molar-refractivity contribution in [2.75, 3.05) is 19.6 Å². The average Bonchev–Trinajstić information content (AvgIpc) is 2.79. The molecule has 0 spiro atoms. The predicted molar refractivity (Wildman–Crippen MR) is 67.4 cm³/mol. The van der Waals surface area contributed by atoms with E-state index in [1.54, 1.807) is 0 Å². The smallest absolute Gasteiger partial charge is 0.222 e. The van der Waals surface area contributed by atoms with Crippen molar-refractivity contribution >= 4 is 5.91 Å². The van der Waals surface area contributed by atoms with Gasteiger partial charge in [0.2, 0.25) is 5.91 Å². The SMILES string of the molecule is CCC(C)N(CC)C(=O)CCC1CCNC1. The van der Waals surface area contributed by atoms with E-state index >= 15 is 0 Å². The van der Waals surface area contributed by atoms with Crippen LogP contribution in [0.5, 0.6) is 0 Å². The van der Waals surface area contributed by atoms with Crippen LogP contribution in [-0.2, 0) is 4.79 Å². The molecule has 0 saturated carbocycles. The van der Waals surface area contributed by atoms with Gasteiger partial charge in [-0.2, -0.15) is 0 Å². The largest absolute Gasteiger partial charge is 0.340 e. The Hall–Kier alpha value is -0.570. The van der Waals surface area contributed by atoms with Crippen molar-refractivity contribution < 1.29 is 4.79 Å². The molecular formula is C13H26N2O. The second-order valence-corrected chi connectivity index (χ2v) is 4.83. The van der Waals surface area contributed by atoms with Crippen molar-refractivity contribution in [1.29, 1.82) is 0 Å². The van der Waals surface area contributed by atoms with Crippen LogP contribution in [0.15, 0.2) is 0 Å². The molecule has 16 heavy (non-hydrogen) atoms. The van der Waals surface area contributed by atoms with Crippen molar-refractivity contribution in [2.45, 2.75) is 52.5 Å². The second kappa shape index (κ2) is 6.89. The summed E-state index contributed by atoms with van der Waals surface area (Å²) in [5.41, 5.74) is 0. The Morgan fingerprint density at radius 2 is 2.25 bits per heavy atom. The summed E-state index contributed by atoms with van der Waals surface area (Å²) in [6.07, 6.45) is 4.07. The molecule has 94 valence electrons. The Morgan fingerprint density at radius 3 is 2.75 bits per heavy atom. The number of rotatable bonds is 6. The van der Waals surface area contributed by atoms with E-state index in [0.29, 0.717) is 11.9 Å². The average molecular weight is 226 g/mol. The van der Waals surface area contributed by atoms with Crippen molar-refractivity contribution in [3.8, 4) is 0 Å². The van der Waals surface area contributed by atoms with Gasteiger partial charge in [0, 0.05) is 19.0 Å². The quantitative estimate of drug-likeness (QED) is 0.751. The lowest BCUT2D eigenvalue weighted by Crippen LogP contribution is -2.38. The van der Waals surface area contributed by atoms with E-state index in [4.69, 9.17) is 0 Å². The van der Waals surface area contributed by atoms with E-state index in [1.807, 2.05) is 4.90 Å². The molecule has 0 aromatic heterocycles. The minimum Gasteiger partial charge on any atom is -0.340 e. The zero-order valence-corrected chi connectivity index (χ0v) is 11.0. The highest BCUT2D eigenvalue weighted by Gasteiger charge is 2.20. The number of hydrogen-bond donors (Lipinski definition) is 1. The lowest BCUT2D eigenvalue weighted by atomic mass is 10.0. The van der Waals surface area contributed by atoms with Crippen LogP contribution >= 0.6 is 0 Å². The Labute approximate surface area is 99.6 Å². The third-order valence-electron chi connectivity index (χ3n) is 3.71. The van der Waals surface area contributed by atoms with Crippen LogP contribution in [0.3, 0.4) is 0 Å². The summed E-state index contributed by atoms with van der Waals surface area (Å²) >= 11 is 0. The van der Waals surface area contributed by atoms with E-state index in [-0.39, 0.29) is 0 Å². The van der Waals surface area contributed by atoms with Gasteiger partial charge in [-0.05, 0) is 52.1 Å². The minimum absolute atomic E-state index is 0.337. The number of nitrogens with zero attached hydrogens (tertiary/aromatic N) is 1. The highest BCUT2D eigenvalue weighted by atomic mass is 16.2. The Bertz CT molecular complexity index is 212. The van der Waals surface area contributed by atoms with Gasteiger partial charge in [-0.1, -0.05) is 6.92 Å². The van der Waals surface area contributed by atoms with Crippen molar-refractivity contribution in [1.82, 2.24) is 10.2 Å². The number of carbonyl (C=O) groups excluding carboxylic acids is 1. The fourth-order valence-corrected chi connectivity index (χ4v) is 2.39. The molecule has 3 nitrogen and oxygen atoms in total. The summed E-state index contributed by atoms with van der Waals surface area (Å²) in [7, 11) is 0. The van der Waals surface area contributed by atoms with Crippen molar-refractivity contribution in [3.05, 3.63) is 0 Å². The maximum absolute atomic E-state index is 12.0. The Kier molecular flexibility index (Phi) is 5.81. The molecule has 1 N–H and O–H groups in total. The molecule has 0 radical (unpaired) electrons. The molecule has 2 unspecified atom stereocenters. The molecule has 3 heteroatoms. The van der Waals surface area contributed by atoms with Gasteiger partial charge >= 0.3 is 0 Å². The predicted octanol–water partition coefficient (Wildman–Crippen LogP) is 2.02. The lowest BCUT2D eigenvalue weighted by molar-refractivity contribution is -0.133. The summed E-state index contributed by atoms with van der Waals surface area (Å²) < 4.78 is 0. The topological polar surface area (TPSA) is 32.3 Å². The van der Waals surface area contributed by atoms with E-state index < -0.39 is 0 Å². The first-order valence-electron chi connectivity index (χ1n) is 6.69. The molecule has 1 heterocycles. The molecule has 0 aromatic carbocycles. The lowest BCUT2D eigenvalue weighted by Gasteiger charge is -2.27. The van der Waals surface area contributed by atoms with Crippen molar-refractivity contribution in [3.63, 3.8) is 0 Å². The standard InChI is InChI=1S/C13H26N2O/c1-4-11(3)15(5-2)13(16)7-6-12-8-9-14-10-12/h11-12,14H,4-10H2,1-3H3. The van der Waals surface area contributed by atoms with Crippen LogP contribution in [0.2, 0.25) is 0 Å². The third kappa shape index (κ3) is 3.78. The van der Waals surface area contributed by atoms with Gasteiger partial charge in [0.25, 0.3) is 0 Å². The first-order chi connectivity index (χ1) is 7.69. The van der Waals surface area contributed by atoms with Gasteiger partial charge in [-0.15, -0.1) is 0 Å². The van der Waals surface area contributed by atoms with Gasteiger partial charge in [0.15, 0.2) is 0 Å². The summed E-state index contributed by atoms with van der Waals surface area (Å²) in [6, 6.07) is 0.388. The zero-order valence-electron chi connectivity index (χ0n) is 11.0. The first kappa shape index (κ1) is 13.5. The molecule has 1 aliphatic heterocycles. The van der Waals surface area contributed by atoms with Crippen molar-refractivity contribution in [2.24, 2.45) is 5.92 Å². The normalized spacial score (nSPS) is 22.1. The highest BCUT2D eigenvalue weighted by molar-refractivity contribution is 5.76. The Balaban J connectivity index is 2.31. The van der Waals surface area contributed by atoms with Gasteiger partial charge in [0.05, 0.1) is 0 Å². The molecule has 0 bridgehead atoms. The summed E-state index contributed by atoms with van der Waals surface area (Å²) in [5.74, 6) is 1.06.